The second-order valence-electron chi connectivity index (χ2n) is 18.9. The lowest BCUT2D eigenvalue weighted by Crippen LogP contribution is -2.43. The number of methoxy groups -OCH3 is 1. The number of ether oxygens (including phenoxy) is 2. The first-order valence-corrected chi connectivity index (χ1v) is 24.5. The average Bonchev–Trinajstić information content (AvgIpc) is 3.92. The fourth-order valence-corrected chi connectivity index (χ4v) is 16.1. The number of phenolic OH excluding ortho intramolecular Hbond substituents is 1. The normalized spacial score (nSPS) is 19.0. The van der Waals surface area contributed by atoms with Crippen molar-refractivity contribution in [2.75, 3.05) is 38.3 Å². The first-order valence-electron chi connectivity index (χ1n) is 22.3. The third kappa shape index (κ3) is 7.71. The summed E-state index contributed by atoms with van der Waals surface area (Å²) in [6.07, 6.45) is 0.824. The Hall–Kier alpha value is -5.40. The average molecular weight is 900 g/mol. The zero-order valence-electron chi connectivity index (χ0n) is 38.0. The minimum absolute atomic E-state index is 0.0361. The molecule has 64 heavy (non-hydrogen) atoms. The van der Waals surface area contributed by atoms with Gasteiger partial charge in [-0.1, -0.05) is 53.5 Å². The molecule has 0 aliphatic carbocycles. The number of alkyl halides is 1. The molecule has 2 aromatic heterocycles. The molecular weight excluding hydrogens is 843 g/mol. The standard InChI is InChI=1S/C48H57F4N7O4Si/c1-26(2)53-46(61)37-20-32-24-57(16-17-59(32)56-37)45-40-43(54-47(55-45)63-25-48-14-10-15-58(48)23-31(49)22-48)41(51)39(42(52)44(40)62-9)35-21-33(60)19-30-11-12-36(50)34(38(30)35)13-18-64(27(3)4,28(5)6)29(7)8/h11-12,19-21,26-29,31,60H,10,14-17,22-25H2,1-9H3,(H,53,61)/t31-,48+/m1/s1. The van der Waals surface area contributed by atoms with Crippen LogP contribution in [0.25, 0.3) is 32.8 Å². The van der Waals surface area contributed by atoms with E-state index in [1.165, 1.54) is 31.4 Å². The van der Waals surface area contributed by atoms with Gasteiger partial charge in [-0.15, -0.1) is 5.54 Å². The molecule has 2 N–H and O–H groups in total. The van der Waals surface area contributed by atoms with Crippen LogP contribution >= 0.6 is 0 Å². The van der Waals surface area contributed by atoms with Crippen LogP contribution in [0.3, 0.4) is 0 Å². The van der Waals surface area contributed by atoms with Gasteiger partial charge in [0, 0.05) is 36.5 Å². The van der Waals surface area contributed by atoms with Crippen molar-refractivity contribution in [1.29, 1.82) is 0 Å². The molecule has 16 heteroatoms. The Balaban J connectivity index is 1.34. The third-order valence-corrected chi connectivity index (χ3v) is 20.0. The van der Waals surface area contributed by atoms with Gasteiger partial charge in [0.2, 0.25) is 0 Å². The van der Waals surface area contributed by atoms with Crippen LogP contribution in [-0.2, 0) is 13.1 Å². The zero-order valence-corrected chi connectivity index (χ0v) is 39.0. The Morgan fingerprint density at radius 2 is 1.72 bits per heavy atom. The summed E-state index contributed by atoms with van der Waals surface area (Å²) < 4.78 is 80.5. The predicted molar refractivity (Wildman–Crippen MR) is 243 cm³/mol. The first kappa shape index (κ1) is 45.2. The first-order chi connectivity index (χ1) is 30.4. The van der Waals surface area contributed by atoms with Gasteiger partial charge in [-0.05, 0) is 79.5 Å². The van der Waals surface area contributed by atoms with Crippen LogP contribution in [-0.4, -0.2) is 94.8 Å². The number of halogens is 4. The maximum absolute atomic E-state index is 17.9. The lowest BCUT2D eigenvalue weighted by atomic mass is 9.92. The molecule has 3 aromatic carbocycles. The van der Waals surface area contributed by atoms with E-state index in [2.05, 4.69) is 73.3 Å². The number of nitrogens with zero attached hydrogens (tertiary/aromatic N) is 6. The van der Waals surface area contributed by atoms with E-state index >= 15 is 13.2 Å². The van der Waals surface area contributed by atoms with Gasteiger partial charge in [0.05, 0.1) is 47.9 Å². The molecule has 11 nitrogen and oxygen atoms in total. The second-order valence-corrected chi connectivity index (χ2v) is 24.5. The summed E-state index contributed by atoms with van der Waals surface area (Å²) in [6, 6.07) is 6.67. The maximum Gasteiger partial charge on any atom is 0.319 e. The summed E-state index contributed by atoms with van der Waals surface area (Å²) in [5.74, 6) is -0.628. The molecule has 2 saturated heterocycles. The molecule has 0 saturated carbocycles. The Morgan fingerprint density at radius 1 is 0.984 bits per heavy atom. The number of nitrogens with one attached hydrogen (secondary N) is 1. The van der Waals surface area contributed by atoms with Crippen LogP contribution in [0.15, 0.2) is 30.3 Å². The van der Waals surface area contributed by atoms with Crippen LogP contribution in [0.4, 0.5) is 23.4 Å². The smallest absolute Gasteiger partial charge is 0.319 e. The lowest BCUT2D eigenvalue weighted by molar-refractivity contribution is 0.0937. The van der Waals surface area contributed by atoms with E-state index in [9.17, 15) is 14.3 Å². The highest BCUT2D eigenvalue weighted by atomic mass is 28.3. The third-order valence-electron chi connectivity index (χ3n) is 13.7. The molecule has 0 bridgehead atoms. The topological polar surface area (TPSA) is 118 Å². The van der Waals surface area contributed by atoms with Crippen molar-refractivity contribution in [3.8, 4) is 40.1 Å². The molecule has 3 aliphatic heterocycles. The number of aromatic hydroxyl groups is 1. The van der Waals surface area contributed by atoms with E-state index in [0.717, 1.165) is 13.0 Å². The zero-order chi connectivity index (χ0) is 46.0. The van der Waals surface area contributed by atoms with Gasteiger partial charge in [0.15, 0.2) is 23.1 Å². The van der Waals surface area contributed by atoms with Crippen LogP contribution in [0.1, 0.15) is 96.4 Å². The molecule has 3 aliphatic rings. The van der Waals surface area contributed by atoms with Gasteiger partial charge in [-0.3, -0.25) is 14.4 Å². The Kier molecular flexibility index (Phi) is 12.1. The van der Waals surface area contributed by atoms with Gasteiger partial charge in [-0.2, -0.15) is 15.1 Å². The summed E-state index contributed by atoms with van der Waals surface area (Å²) in [7, 11) is -1.17. The highest BCUT2D eigenvalue weighted by molar-refractivity contribution is 6.90. The van der Waals surface area contributed by atoms with Crippen LogP contribution in [0, 0.1) is 28.9 Å². The van der Waals surface area contributed by atoms with Crippen LogP contribution in [0.2, 0.25) is 16.6 Å². The Labute approximate surface area is 372 Å². The highest BCUT2D eigenvalue weighted by Crippen LogP contribution is 2.48. The molecular formula is C48H57F4N7O4Si. The van der Waals surface area contributed by atoms with Crippen molar-refractivity contribution in [2.24, 2.45) is 0 Å². The fraction of sp³-hybridized carbons (Fsp3) is 0.500. The van der Waals surface area contributed by atoms with Crippen LogP contribution < -0.4 is 19.7 Å². The van der Waals surface area contributed by atoms with E-state index in [1.54, 1.807) is 15.6 Å². The summed E-state index contributed by atoms with van der Waals surface area (Å²) in [6.45, 7) is 18.3. The monoisotopic (exact) mass is 899 g/mol. The number of aromatic nitrogens is 4. The quantitative estimate of drug-likeness (QED) is 0.0760. The SMILES string of the molecule is COc1c(F)c(-c2cc(O)cc3ccc(F)c(C#C[Si](C(C)C)(C(C)C)C(C)C)c23)c(F)c2nc(OC[C@@]34CCCN3C[C@H](F)C4)nc(N3CCn4nc(C(=O)NC(C)C)cc4C3)c12. The second kappa shape index (κ2) is 17.2. The Morgan fingerprint density at radius 3 is 2.41 bits per heavy atom. The molecule has 5 heterocycles. The van der Waals surface area contributed by atoms with Gasteiger partial charge < -0.3 is 24.8 Å². The van der Waals surface area contributed by atoms with E-state index in [1.807, 2.05) is 13.8 Å². The number of amides is 1. The number of phenols is 1. The fourth-order valence-electron chi connectivity index (χ4n) is 10.8. The van der Waals surface area contributed by atoms with Crippen molar-refractivity contribution in [2.45, 2.75) is 122 Å². The number of carbonyl (C=O) groups excluding carboxylic acids is 1. The number of hydrogen-bond acceptors (Lipinski definition) is 9. The summed E-state index contributed by atoms with van der Waals surface area (Å²) in [5.41, 5.74) is 3.41. The molecule has 8 rings (SSSR count). The van der Waals surface area contributed by atoms with Gasteiger partial charge in [0.25, 0.3) is 5.91 Å². The molecule has 0 unspecified atom stereocenters. The van der Waals surface area contributed by atoms with Gasteiger partial charge >= 0.3 is 6.01 Å². The van der Waals surface area contributed by atoms with E-state index in [0.29, 0.717) is 30.6 Å². The van der Waals surface area contributed by atoms with Crippen molar-refractivity contribution in [1.82, 2.24) is 30.0 Å². The summed E-state index contributed by atoms with van der Waals surface area (Å²) >= 11 is 0. The van der Waals surface area contributed by atoms with Crippen molar-refractivity contribution in [3.05, 3.63) is 64.7 Å². The van der Waals surface area contributed by atoms with E-state index in [-0.39, 0.29) is 111 Å². The number of hydrogen-bond donors (Lipinski definition) is 2. The largest absolute Gasteiger partial charge is 0.508 e. The molecule has 5 aromatic rings. The molecule has 2 atom stereocenters. The summed E-state index contributed by atoms with van der Waals surface area (Å²) in [4.78, 5) is 26.2. The Bertz CT molecular complexity index is 2690. The van der Waals surface area contributed by atoms with E-state index in [4.69, 9.17) is 14.5 Å². The number of anilines is 1. The number of fused-ring (bicyclic) bond motifs is 4. The number of carbonyl (C=O) groups is 1. The molecule has 1 amide bonds. The minimum Gasteiger partial charge on any atom is -0.508 e. The van der Waals surface area contributed by atoms with Crippen molar-refractivity contribution < 1.29 is 36.9 Å². The molecule has 0 radical (unpaired) electrons. The highest BCUT2D eigenvalue weighted by Gasteiger charge is 2.49. The molecule has 2 fully saturated rings. The molecule has 0 spiro atoms. The van der Waals surface area contributed by atoms with Gasteiger partial charge in [0.1, 0.15) is 43.8 Å². The lowest BCUT2D eigenvalue weighted by Gasteiger charge is -2.38. The predicted octanol–water partition coefficient (Wildman–Crippen LogP) is 9.46. The van der Waals surface area contributed by atoms with Crippen molar-refractivity contribution in [3.63, 3.8) is 0 Å². The van der Waals surface area contributed by atoms with E-state index < -0.39 is 42.8 Å². The van der Waals surface area contributed by atoms with Crippen molar-refractivity contribution >= 4 is 41.5 Å². The van der Waals surface area contributed by atoms with Gasteiger partial charge in [-0.25, -0.2) is 17.6 Å². The number of benzene rings is 3. The minimum atomic E-state index is -2.42. The summed E-state index contributed by atoms with van der Waals surface area (Å²) in [5, 5.41) is 18.8. The number of rotatable bonds is 11. The van der Waals surface area contributed by atoms with Crippen LogP contribution in [0.5, 0.6) is 17.5 Å². The molecule has 340 valence electrons. The maximum atomic E-state index is 17.9.